The van der Waals surface area contributed by atoms with Crippen LogP contribution >= 0.6 is 11.8 Å². The number of nitrogens with zero attached hydrogens (tertiary/aromatic N) is 2. The average Bonchev–Trinajstić information content (AvgIpc) is 2.46. The Hall–Kier alpha value is -2.39. The van der Waals surface area contributed by atoms with E-state index in [-0.39, 0.29) is 17.0 Å². The number of nitriles is 1. The van der Waals surface area contributed by atoms with Gasteiger partial charge in [-0.2, -0.15) is 5.26 Å². The molecular formula is C14H9FN2O2S. The molecule has 0 aromatic heterocycles. The lowest BCUT2D eigenvalue weighted by Crippen LogP contribution is -1.92. The number of nitro benzene ring substituents is 1. The Kier molecular flexibility index (Phi) is 4.33. The molecular weight excluding hydrogens is 279 g/mol. The molecule has 0 spiro atoms. The van der Waals surface area contributed by atoms with Crippen molar-refractivity contribution in [2.45, 2.75) is 10.6 Å². The first kappa shape index (κ1) is 14.0. The Balaban J connectivity index is 2.18. The fourth-order valence-electron chi connectivity index (χ4n) is 1.62. The molecule has 0 aliphatic rings. The molecule has 0 amide bonds. The van der Waals surface area contributed by atoms with Crippen molar-refractivity contribution < 1.29 is 9.31 Å². The van der Waals surface area contributed by atoms with Gasteiger partial charge in [-0.15, -0.1) is 11.8 Å². The molecule has 0 fully saturated rings. The largest absolute Gasteiger partial charge is 0.282 e. The van der Waals surface area contributed by atoms with Crippen LogP contribution in [0.2, 0.25) is 0 Å². The zero-order chi connectivity index (χ0) is 14.5. The van der Waals surface area contributed by atoms with Gasteiger partial charge in [-0.05, 0) is 23.8 Å². The second-order valence-corrected chi connectivity index (χ2v) is 4.95. The molecule has 2 rings (SSSR count). The minimum absolute atomic E-state index is 0.00607. The highest BCUT2D eigenvalue weighted by Crippen LogP contribution is 2.31. The normalized spacial score (nSPS) is 10.0. The number of para-hydroxylation sites is 1. The molecule has 0 unspecified atom stereocenters. The molecule has 0 saturated carbocycles. The van der Waals surface area contributed by atoms with Crippen molar-refractivity contribution >= 4 is 17.4 Å². The number of halogens is 1. The zero-order valence-electron chi connectivity index (χ0n) is 10.2. The predicted molar refractivity (Wildman–Crippen MR) is 73.8 cm³/mol. The van der Waals surface area contributed by atoms with Gasteiger partial charge in [0.25, 0.3) is 5.69 Å². The van der Waals surface area contributed by atoms with Gasteiger partial charge < -0.3 is 0 Å². The average molecular weight is 288 g/mol. The Labute approximate surface area is 119 Å². The zero-order valence-corrected chi connectivity index (χ0v) is 11.1. The van der Waals surface area contributed by atoms with Gasteiger partial charge in [-0.3, -0.25) is 10.1 Å². The summed E-state index contributed by atoms with van der Waals surface area (Å²) in [6, 6.07) is 12.4. The van der Waals surface area contributed by atoms with E-state index in [1.807, 2.05) is 6.07 Å². The SMILES string of the molecule is N#Cc1ccc(CSc2ccccc2[N+](=O)[O-])c(F)c1. The molecule has 0 atom stereocenters. The number of hydrogen-bond acceptors (Lipinski definition) is 4. The molecule has 0 heterocycles. The van der Waals surface area contributed by atoms with Crippen molar-refractivity contribution in [2.24, 2.45) is 0 Å². The van der Waals surface area contributed by atoms with E-state index < -0.39 is 10.7 Å². The Bertz CT molecular complexity index is 698. The fourth-order valence-corrected chi connectivity index (χ4v) is 2.63. The van der Waals surface area contributed by atoms with Gasteiger partial charge in [0.2, 0.25) is 0 Å². The number of thioether (sulfide) groups is 1. The van der Waals surface area contributed by atoms with E-state index >= 15 is 0 Å². The maximum atomic E-state index is 13.7. The summed E-state index contributed by atoms with van der Waals surface area (Å²) in [4.78, 5) is 10.9. The van der Waals surface area contributed by atoms with E-state index in [9.17, 15) is 14.5 Å². The Morgan fingerprint density at radius 3 is 2.70 bits per heavy atom. The summed E-state index contributed by atoms with van der Waals surface area (Å²) in [6.45, 7) is 0. The summed E-state index contributed by atoms with van der Waals surface area (Å²) in [5, 5.41) is 19.5. The van der Waals surface area contributed by atoms with Crippen LogP contribution in [0.25, 0.3) is 0 Å². The van der Waals surface area contributed by atoms with Crippen LogP contribution in [0.1, 0.15) is 11.1 Å². The van der Waals surface area contributed by atoms with Gasteiger partial charge in [-0.25, -0.2) is 4.39 Å². The van der Waals surface area contributed by atoms with E-state index in [4.69, 9.17) is 5.26 Å². The van der Waals surface area contributed by atoms with Crippen molar-refractivity contribution in [2.75, 3.05) is 0 Å². The molecule has 4 nitrogen and oxygen atoms in total. The molecule has 0 radical (unpaired) electrons. The Morgan fingerprint density at radius 2 is 2.05 bits per heavy atom. The van der Waals surface area contributed by atoms with Crippen molar-refractivity contribution in [1.82, 2.24) is 0 Å². The third-order valence-electron chi connectivity index (χ3n) is 2.63. The number of hydrogen-bond donors (Lipinski definition) is 0. The molecule has 0 N–H and O–H groups in total. The summed E-state index contributed by atoms with van der Waals surface area (Å²) >= 11 is 1.19. The van der Waals surface area contributed by atoms with Crippen molar-refractivity contribution in [1.29, 1.82) is 5.26 Å². The van der Waals surface area contributed by atoms with Crippen molar-refractivity contribution in [3.63, 3.8) is 0 Å². The molecule has 6 heteroatoms. The molecule has 20 heavy (non-hydrogen) atoms. The lowest BCUT2D eigenvalue weighted by Gasteiger charge is -2.04. The maximum Gasteiger partial charge on any atom is 0.282 e. The number of benzene rings is 2. The molecule has 2 aromatic carbocycles. The maximum absolute atomic E-state index is 13.7. The fraction of sp³-hybridized carbons (Fsp3) is 0.0714. The van der Waals surface area contributed by atoms with E-state index in [1.165, 1.54) is 30.0 Å². The summed E-state index contributed by atoms with van der Waals surface area (Å²) in [6.07, 6.45) is 0. The number of nitro groups is 1. The second-order valence-electron chi connectivity index (χ2n) is 3.93. The third kappa shape index (κ3) is 3.13. The van der Waals surface area contributed by atoms with E-state index in [0.29, 0.717) is 10.5 Å². The first-order valence-corrected chi connectivity index (χ1v) is 6.65. The van der Waals surface area contributed by atoms with Crippen molar-refractivity contribution in [3.8, 4) is 6.07 Å². The van der Waals surface area contributed by atoms with Crippen LogP contribution in [-0.2, 0) is 5.75 Å². The van der Waals surface area contributed by atoms with Crippen LogP contribution in [0.15, 0.2) is 47.4 Å². The monoisotopic (exact) mass is 288 g/mol. The quantitative estimate of drug-likeness (QED) is 0.486. The number of rotatable bonds is 4. The predicted octanol–water partition coefficient (Wildman–Crippen LogP) is 3.90. The minimum Gasteiger partial charge on any atom is -0.258 e. The van der Waals surface area contributed by atoms with Crippen LogP contribution in [-0.4, -0.2) is 4.92 Å². The molecule has 0 aliphatic carbocycles. The lowest BCUT2D eigenvalue weighted by molar-refractivity contribution is -0.387. The van der Waals surface area contributed by atoms with E-state index in [0.717, 1.165) is 6.07 Å². The third-order valence-corrected chi connectivity index (χ3v) is 3.74. The first-order valence-electron chi connectivity index (χ1n) is 5.66. The summed E-state index contributed by atoms with van der Waals surface area (Å²) in [5.74, 6) is -0.210. The lowest BCUT2D eigenvalue weighted by atomic mass is 10.1. The van der Waals surface area contributed by atoms with Crippen LogP contribution in [0.3, 0.4) is 0 Å². The van der Waals surface area contributed by atoms with Crippen LogP contribution in [0, 0.1) is 27.3 Å². The van der Waals surface area contributed by atoms with Crippen LogP contribution in [0.4, 0.5) is 10.1 Å². The highest BCUT2D eigenvalue weighted by molar-refractivity contribution is 7.98. The van der Waals surface area contributed by atoms with Crippen LogP contribution < -0.4 is 0 Å². The highest BCUT2D eigenvalue weighted by atomic mass is 32.2. The van der Waals surface area contributed by atoms with Gasteiger partial charge >= 0.3 is 0 Å². The summed E-state index contributed by atoms with van der Waals surface area (Å²) in [7, 11) is 0. The molecule has 2 aromatic rings. The van der Waals surface area contributed by atoms with Gasteiger partial charge in [0.05, 0.1) is 21.5 Å². The first-order chi connectivity index (χ1) is 9.61. The summed E-state index contributed by atoms with van der Waals surface area (Å²) < 4.78 is 13.7. The van der Waals surface area contributed by atoms with Gasteiger partial charge in [0.15, 0.2) is 0 Å². The minimum atomic E-state index is -0.477. The van der Waals surface area contributed by atoms with Gasteiger partial charge in [0.1, 0.15) is 5.82 Å². The van der Waals surface area contributed by atoms with E-state index in [1.54, 1.807) is 18.2 Å². The molecule has 0 saturated heterocycles. The molecule has 100 valence electrons. The second kappa shape index (κ2) is 6.17. The van der Waals surface area contributed by atoms with Gasteiger partial charge in [0, 0.05) is 11.8 Å². The van der Waals surface area contributed by atoms with Gasteiger partial charge in [-0.1, -0.05) is 18.2 Å². The smallest absolute Gasteiger partial charge is 0.258 e. The Morgan fingerprint density at radius 1 is 1.30 bits per heavy atom. The highest BCUT2D eigenvalue weighted by Gasteiger charge is 2.13. The summed E-state index contributed by atoms with van der Waals surface area (Å²) in [5.41, 5.74) is 0.667. The molecule has 0 aliphatic heterocycles. The van der Waals surface area contributed by atoms with Crippen LogP contribution in [0.5, 0.6) is 0 Å². The van der Waals surface area contributed by atoms with Crippen molar-refractivity contribution in [3.05, 3.63) is 69.5 Å². The standard InChI is InChI=1S/C14H9FN2O2S/c15-12-7-10(8-16)5-6-11(12)9-20-14-4-2-1-3-13(14)17(18)19/h1-7H,9H2. The topological polar surface area (TPSA) is 66.9 Å². The molecule has 0 bridgehead atoms. The van der Waals surface area contributed by atoms with E-state index in [2.05, 4.69) is 0 Å².